The van der Waals surface area contributed by atoms with Gasteiger partial charge in [-0.2, -0.15) is 0 Å². The van der Waals surface area contributed by atoms with Crippen LogP contribution in [0.3, 0.4) is 0 Å². The molecular weight excluding hydrogens is 444 g/mol. The Labute approximate surface area is 193 Å². The smallest absolute Gasteiger partial charge is 0.261 e. The molecule has 0 bridgehead atoms. The molecule has 4 rings (SSSR count). The summed E-state index contributed by atoms with van der Waals surface area (Å²) < 4.78 is 10.5. The van der Waals surface area contributed by atoms with E-state index >= 15 is 0 Å². The van der Waals surface area contributed by atoms with Crippen molar-refractivity contribution in [1.82, 2.24) is 15.1 Å². The number of benzene rings is 2. The number of hydrogen-bond donors (Lipinski definition) is 1. The molecule has 0 radical (unpaired) electrons. The quantitative estimate of drug-likeness (QED) is 0.403. The van der Waals surface area contributed by atoms with Gasteiger partial charge in [0.05, 0.1) is 25.3 Å². The molecular formula is C23H20N4O5S. The van der Waals surface area contributed by atoms with Gasteiger partial charge in [0.2, 0.25) is 11.0 Å². The molecule has 0 fully saturated rings. The van der Waals surface area contributed by atoms with Crippen molar-refractivity contribution in [2.75, 3.05) is 26.1 Å². The predicted octanol–water partition coefficient (Wildman–Crippen LogP) is 3.05. The highest BCUT2D eigenvalue weighted by atomic mass is 32.1. The Hall–Kier alpha value is -4.05. The number of hydrogen-bond acceptors (Lipinski definition) is 8. The topological polar surface area (TPSA) is 111 Å². The summed E-state index contributed by atoms with van der Waals surface area (Å²) in [6, 6.07) is 12.0. The van der Waals surface area contributed by atoms with E-state index < -0.39 is 0 Å². The molecule has 1 aliphatic heterocycles. The first-order chi connectivity index (χ1) is 16.0. The average molecular weight is 465 g/mol. The molecule has 0 saturated carbocycles. The fourth-order valence-electron chi connectivity index (χ4n) is 3.34. The van der Waals surface area contributed by atoms with Crippen molar-refractivity contribution >= 4 is 40.3 Å². The maximum absolute atomic E-state index is 12.4. The van der Waals surface area contributed by atoms with Crippen molar-refractivity contribution in [2.45, 2.75) is 6.42 Å². The first-order valence-corrected chi connectivity index (χ1v) is 10.8. The fraction of sp³-hybridized carbons (Fsp3) is 0.174. The van der Waals surface area contributed by atoms with Gasteiger partial charge in [0.15, 0.2) is 0 Å². The third-order valence-electron chi connectivity index (χ3n) is 4.98. The lowest BCUT2D eigenvalue weighted by molar-refractivity contribution is -0.111. The van der Waals surface area contributed by atoms with Gasteiger partial charge in [-0.25, -0.2) is 0 Å². The van der Waals surface area contributed by atoms with E-state index in [1.165, 1.54) is 22.3 Å². The summed E-state index contributed by atoms with van der Waals surface area (Å²) in [5.41, 5.74) is 1.50. The van der Waals surface area contributed by atoms with E-state index in [1.54, 1.807) is 62.8 Å². The first kappa shape index (κ1) is 22.2. The second kappa shape index (κ2) is 9.61. The molecule has 0 unspecified atom stereocenters. The van der Waals surface area contributed by atoms with E-state index in [9.17, 15) is 14.4 Å². The van der Waals surface area contributed by atoms with Gasteiger partial charge in [0, 0.05) is 24.6 Å². The molecule has 0 aliphatic carbocycles. The van der Waals surface area contributed by atoms with Gasteiger partial charge in [0.25, 0.3) is 11.8 Å². The highest BCUT2D eigenvalue weighted by molar-refractivity contribution is 7.15. The number of carbonyl (C=O) groups is 3. The molecule has 3 amide bonds. The van der Waals surface area contributed by atoms with E-state index in [-0.39, 0.29) is 24.3 Å². The Morgan fingerprint density at radius 3 is 2.45 bits per heavy atom. The van der Waals surface area contributed by atoms with Crippen LogP contribution in [0.25, 0.3) is 6.08 Å². The number of fused-ring (bicyclic) bond motifs is 1. The van der Waals surface area contributed by atoms with E-state index in [4.69, 9.17) is 9.47 Å². The summed E-state index contributed by atoms with van der Waals surface area (Å²) in [6.45, 7) is 0.185. The summed E-state index contributed by atoms with van der Waals surface area (Å²) >= 11 is 1.18. The van der Waals surface area contributed by atoms with Crippen LogP contribution in [0, 0.1) is 0 Å². The lowest BCUT2D eigenvalue weighted by atomic mass is 10.1. The van der Waals surface area contributed by atoms with Crippen molar-refractivity contribution in [2.24, 2.45) is 0 Å². The van der Waals surface area contributed by atoms with E-state index in [0.29, 0.717) is 44.7 Å². The zero-order valence-corrected chi connectivity index (χ0v) is 18.7. The maximum atomic E-state index is 12.4. The molecule has 168 valence electrons. The molecule has 0 saturated heterocycles. The van der Waals surface area contributed by atoms with Crippen LogP contribution >= 0.6 is 11.3 Å². The number of imide groups is 1. The molecule has 1 aromatic heterocycles. The number of carbonyl (C=O) groups excluding carboxylic acids is 3. The van der Waals surface area contributed by atoms with Gasteiger partial charge < -0.3 is 9.47 Å². The molecule has 0 spiro atoms. The number of ether oxygens (including phenoxy) is 2. The Balaban J connectivity index is 1.35. The van der Waals surface area contributed by atoms with Crippen LogP contribution in [-0.2, 0) is 11.2 Å². The number of aromatic nitrogens is 2. The molecule has 10 heteroatoms. The van der Waals surface area contributed by atoms with Gasteiger partial charge in [0.1, 0.15) is 16.5 Å². The van der Waals surface area contributed by atoms with Crippen molar-refractivity contribution in [3.8, 4) is 11.5 Å². The minimum atomic E-state index is -0.386. The third kappa shape index (κ3) is 4.75. The van der Waals surface area contributed by atoms with Crippen LogP contribution in [0.1, 0.15) is 31.3 Å². The van der Waals surface area contributed by atoms with Gasteiger partial charge in [-0.1, -0.05) is 23.5 Å². The summed E-state index contributed by atoms with van der Waals surface area (Å²) in [5, 5.41) is 11.6. The van der Waals surface area contributed by atoms with Gasteiger partial charge in [-0.05, 0) is 36.4 Å². The highest BCUT2D eigenvalue weighted by Crippen LogP contribution is 2.26. The van der Waals surface area contributed by atoms with E-state index in [1.807, 2.05) is 0 Å². The van der Waals surface area contributed by atoms with Crippen LogP contribution < -0.4 is 14.8 Å². The molecule has 33 heavy (non-hydrogen) atoms. The lowest BCUT2D eigenvalue weighted by Gasteiger charge is -2.11. The minimum absolute atomic E-state index is 0.185. The van der Waals surface area contributed by atoms with Crippen LogP contribution in [-0.4, -0.2) is 53.6 Å². The van der Waals surface area contributed by atoms with Gasteiger partial charge in [-0.3, -0.25) is 24.6 Å². The van der Waals surface area contributed by atoms with Gasteiger partial charge >= 0.3 is 0 Å². The molecule has 0 atom stereocenters. The van der Waals surface area contributed by atoms with Gasteiger partial charge in [-0.15, -0.1) is 10.2 Å². The fourth-order valence-corrected chi connectivity index (χ4v) is 4.07. The van der Waals surface area contributed by atoms with E-state index in [2.05, 4.69) is 15.5 Å². The summed E-state index contributed by atoms with van der Waals surface area (Å²) in [5.74, 6) is 0.232. The van der Waals surface area contributed by atoms with Crippen molar-refractivity contribution in [3.05, 3.63) is 70.2 Å². The van der Waals surface area contributed by atoms with Crippen LogP contribution in [0.2, 0.25) is 0 Å². The zero-order chi connectivity index (χ0) is 23.4. The number of anilines is 1. The maximum Gasteiger partial charge on any atom is 0.261 e. The standard InChI is InChI=1S/C23H20N4O5S/c1-31-15-8-9-18(32-2)14(13-15)7-10-19(28)24-23-26-25-20(33-23)11-12-27-21(29)16-5-3-4-6-17(16)22(27)30/h3-10,13H,11-12H2,1-2H3,(H,24,26,28)/b10-7+. The normalized spacial score (nSPS) is 12.8. The monoisotopic (exact) mass is 464 g/mol. The summed E-state index contributed by atoms with van der Waals surface area (Å²) in [6.07, 6.45) is 3.31. The van der Waals surface area contributed by atoms with Crippen LogP contribution in [0.4, 0.5) is 5.13 Å². The SMILES string of the molecule is COc1ccc(OC)c(/C=C/C(=O)Nc2nnc(CCN3C(=O)c4ccccc4C3=O)s2)c1. The third-order valence-corrected chi connectivity index (χ3v) is 5.87. The Morgan fingerprint density at radius 2 is 1.79 bits per heavy atom. The minimum Gasteiger partial charge on any atom is -0.497 e. The molecule has 1 aliphatic rings. The first-order valence-electron chi connectivity index (χ1n) is 9.99. The van der Waals surface area contributed by atoms with E-state index in [0.717, 1.165) is 0 Å². The highest BCUT2D eigenvalue weighted by Gasteiger charge is 2.34. The van der Waals surface area contributed by atoms with Crippen molar-refractivity contribution in [3.63, 3.8) is 0 Å². The Kier molecular flexibility index (Phi) is 6.45. The van der Waals surface area contributed by atoms with Crippen molar-refractivity contribution < 1.29 is 23.9 Å². The second-order valence-corrected chi connectivity index (χ2v) is 8.05. The Morgan fingerprint density at radius 1 is 1.06 bits per heavy atom. The van der Waals surface area contributed by atoms with Crippen LogP contribution in [0.5, 0.6) is 11.5 Å². The number of methoxy groups -OCH3 is 2. The zero-order valence-electron chi connectivity index (χ0n) is 17.9. The lowest BCUT2D eigenvalue weighted by Crippen LogP contribution is -2.31. The second-order valence-electron chi connectivity index (χ2n) is 6.99. The molecule has 1 N–H and O–H groups in total. The molecule has 3 aromatic rings. The average Bonchev–Trinajstić information content (AvgIpc) is 3.38. The molecule has 9 nitrogen and oxygen atoms in total. The molecule has 2 aromatic carbocycles. The number of nitrogens with one attached hydrogen (secondary N) is 1. The molecule has 2 heterocycles. The largest absolute Gasteiger partial charge is 0.497 e. The number of nitrogens with zero attached hydrogens (tertiary/aromatic N) is 3. The van der Waals surface area contributed by atoms with Crippen LogP contribution in [0.15, 0.2) is 48.5 Å². The predicted molar refractivity (Wildman–Crippen MR) is 123 cm³/mol. The van der Waals surface area contributed by atoms with Crippen molar-refractivity contribution in [1.29, 1.82) is 0 Å². The summed E-state index contributed by atoms with van der Waals surface area (Å²) in [4.78, 5) is 38.4. The Bertz CT molecular complexity index is 1220. The summed E-state index contributed by atoms with van der Waals surface area (Å²) in [7, 11) is 3.10. The number of rotatable bonds is 8. The number of amides is 3.